The molecule has 2 aromatic rings. The third-order valence-corrected chi connectivity index (χ3v) is 5.12. The third kappa shape index (κ3) is 5.58. The molecule has 0 bridgehead atoms. The second kappa shape index (κ2) is 10.3. The minimum atomic E-state index is -0.147. The number of methoxy groups -OCH3 is 1. The molecule has 3 rings (SSSR count). The number of morpholine rings is 1. The Balaban J connectivity index is 1.66. The number of nitrogens with zero attached hydrogens (tertiary/aromatic N) is 1. The monoisotopic (exact) mass is 400 g/mol. The number of rotatable bonds is 7. The van der Waals surface area contributed by atoms with Crippen molar-refractivity contribution in [2.24, 2.45) is 0 Å². The average molecular weight is 401 g/mol. The number of carbonyl (C=O) groups excluding carboxylic acids is 1. The Morgan fingerprint density at radius 2 is 1.93 bits per heavy atom. The van der Waals surface area contributed by atoms with Crippen LogP contribution in [-0.4, -0.2) is 50.8 Å². The first-order valence-corrected chi connectivity index (χ1v) is 9.71. The van der Waals surface area contributed by atoms with Crippen molar-refractivity contribution in [3.63, 3.8) is 0 Å². The molecule has 0 aliphatic carbocycles. The van der Waals surface area contributed by atoms with Crippen LogP contribution in [0.3, 0.4) is 0 Å². The second-order valence-electron chi connectivity index (χ2n) is 6.54. The van der Waals surface area contributed by atoms with E-state index in [4.69, 9.17) is 21.1 Å². The summed E-state index contributed by atoms with van der Waals surface area (Å²) in [5.74, 6) is 0.669. The zero-order valence-corrected chi connectivity index (χ0v) is 16.7. The molecule has 1 N–H and O–H groups in total. The van der Waals surface area contributed by atoms with Crippen molar-refractivity contribution in [1.82, 2.24) is 10.2 Å². The van der Waals surface area contributed by atoms with Crippen molar-refractivity contribution in [3.05, 3.63) is 70.8 Å². The SMILES string of the molecule is COc1ccc(C(CNC(=O)/C=C/c2ccccc2Cl)N2CCOCC2)cc1. The molecule has 0 saturated carbocycles. The van der Waals surface area contributed by atoms with Gasteiger partial charge in [-0.2, -0.15) is 0 Å². The lowest BCUT2D eigenvalue weighted by molar-refractivity contribution is -0.116. The number of halogens is 1. The predicted molar refractivity (Wildman–Crippen MR) is 112 cm³/mol. The van der Waals surface area contributed by atoms with E-state index >= 15 is 0 Å². The van der Waals surface area contributed by atoms with Gasteiger partial charge in [-0.05, 0) is 35.4 Å². The van der Waals surface area contributed by atoms with E-state index in [2.05, 4.69) is 10.2 Å². The summed E-state index contributed by atoms with van der Waals surface area (Å²) in [7, 11) is 1.65. The molecule has 1 aliphatic heterocycles. The van der Waals surface area contributed by atoms with Gasteiger partial charge in [-0.1, -0.05) is 41.9 Å². The molecule has 1 atom stereocenters. The van der Waals surface area contributed by atoms with Gasteiger partial charge in [0.05, 0.1) is 26.4 Å². The van der Waals surface area contributed by atoms with Crippen LogP contribution in [0, 0.1) is 0 Å². The second-order valence-corrected chi connectivity index (χ2v) is 6.94. The Morgan fingerprint density at radius 1 is 1.21 bits per heavy atom. The standard InChI is InChI=1S/C22H25ClN2O3/c1-27-19-9-6-18(7-10-19)21(25-12-14-28-15-13-25)16-24-22(26)11-8-17-4-2-3-5-20(17)23/h2-11,21H,12-16H2,1H3,(H,24,26)/b11-8+. The first kappa shape index (κ1) is 20.4. The van der Waals surface area contributed by atoms with Crippen molar-refractivity contribution in [2.75, 3.05) is 40.0 Å². The molecule has 0 aromatic heterocycles. The minimum absolute atomic E-state index is 0.0764. The molecule has 1 saturated heterocycles. The van der Waals surface area contributed by atoms with Crippen molar-refractivity contribution in [1.29, 1.82) is 0 Å². The Kier molecular flexibility index (Phi) is 7.48. The molecule has 1 fully saturated rings. The highest BCUT2D eigenvalue weighted by Gasteiger charge is 2.23. The Labute approximate surface area is 170 Å². The number of hydrogen-bond donors (Lipinski definition) is 1. The lowest BCUT2D eigenvalue weighted by Gasteiger charge is -2.34. The number of benzene rings is 2. The van der Waals surface area contributed by atoms with Gasteiger partial charge in [0, 0.05) is 30.7 Å². The number of amides is 1. The van der Waals surface area contributed by atoms with E-state index in [1.165, 1.54) is 6.08 Å². The minimum Gasteiger partial charge on any atom is -0.497 e. The van der Waals surface area contributed by atoms with Gasteiger partial charge < -0.3 is 14.8 Å². The molecule has 1 heterocycles. The fraction of sp³-hybridized carbons (Fsp3) is 0.318. The van der Waals surface area contributed by atoms with Gasteiger partial charge in [-0.25, -0.2) is 0 Å². The zero-order chi connectivity index (χ0) is 19.8. The summed E-state index contributed by atoms with van der Waals surface area (Å²) < 4.78 is 10.7. The fourth-order valence-electron chi connectivity index (χ4n) is 3.20. The van der Waals surface area contributed by atoms with E-state index in [1.54, 1.807) is 19.3 Å². The van der Waals surface area contributed by atoms with Gasteiger partial charge in [-0.15, -0.1) is 0 Å². The molecule has 1 aliphatic rings. The Bertz CT molecular complexity index is 802. The highest BCUT2D eigenvalue weighted by atomic mass is 35.5. The molecule has 5 nitrogen and oxygen atoms in total. The number of carbonyl (C=O) groups is 1. The number of nitrogens with one attached hydrogen (secondary N) is 1. The first-order chi connectivity index (χ1) is 13.7. The largest absolute Gasteiger partial charge is 0.497 e. The normalized spacial score (nSPS) is 16.1. The number of ether oxygens (including phenoxy) is 2. The van der Waals surface area contributed by atoms with E-state index in [9.17, 15) is 4.79 Å². The molecular weight excluding hydrogens is 376 g/mol. The maximum absolute atomic E-state index is 12.3. The smallest absolute Gasteiger partial charge is 0.244 e. The van der Waals surface area contributed by atoms with Gasteiger partial charge in [0.2, 0.25) is 5.91 Å². The molecule has 28 heavy (non-hydrogen) atoms. The Hall–Kier alpha value is -2.34. The van der Waals surface area contributed by atoms with Crippen molar-refractivity contribution >= 4 is 23.6 Å². The molecule has 1 amide bonds. The topological polar surface area (TPSA) is 50.8 Å². The van der Waals surface area contributed by atoms with Crippen LogP contribution in [0.15, 0.2) is 54.6 Å². The quantitative estimate of drug-likeness (QED) is 0.722. The molecular formula is C22H25ClN2O3. The van der Waals surface area contributed by atoms with Crippen molar-refractivity contribution < 1.29 is 14.3 Å². The predicted octanol–water partition coefficient (Wildman–Crippen LogP) is 3.55. The maximum atomic E-state index is 12.3. The van der Waals surface area contributed by atoms with Crippen LogP contribution < -0.4 is 10.1 Å². The van der Waals surface area contributed by atoms with Crippen molar-refractivity contribution in [3.8, 4) is 5.75 Å². The van der Waals surface area contributed by atoms with Crippen LogP contribution in [0.25, 0.3) is 6.08 Å². The van der Waals surface area contributed by atoms with Gasteiger partial charge >= 0.3 is 0 Å². The average Bonchev–Trinajstić information content (AvgIpc) is 2.74. The molecule has 0 radical (unpaired) electrons. The first-order valence-electron chi connectivity index (χ1n) is 9.33. The van der Waals surface area contributed by atoms with Crippen LogP contribution >= 0.6 is 11.6 Å². The zero-order valence-electron chi connectivity index (χ0n) is 15.9. The molecule has 2 aromatic carbocycles. The maximum Gasteiger partial charge on any atom is 0.244 e. The highest BCUT2D eigenvalue weighted by Crippen LogP contribution is 2.23. The van der Waals surface area contributed by atoms with Gasteiger partial charge in [0.25, 0.3) is 0 Å². The van der Waals surface area contributed by atoms with Crippen LogP contribution in [0.5, 0.6) is 5.75 Å². The Morgan fingerprint density at radius 3 is 2.61 bits per heavy atom. The van der Waals surface area contributed by atoms with Gasteiger partial charge in [0.15, 0.2) is 0 Å². The number of hydrogen-bond acceptors (Lipinski definition) is 4. The summed E-state index contributed by atoms with van der Waals surface area (Å²) in [5, 5.41) is 3.64. The highest BCUT2D eigenvalue weighted by molar-refractivity contribution is 6.32. The van der Waals surface area contributed by atoms with E-state index in [0.29, 0.717) is 24.8 Å². The lowest BCUT2D eigenvalue weighted by atomic mass is 10.0. The summed E-state index contributed by atoms with van der Waals surface area (Å²) in [6.45, 7) is 3.59. The van der Waals surface area contributed by atoms with Gasteiger partial charge in [-0.3, -0.25) is 9.69 Å². The lowest BCUT2D eigenvalue weighted by Crippen LogP contribution is -2.43. The summed E-state index contributed by atoms with van der Waals surface area (Å²) in [6.07, 6.45) is 3.25. The van der Waals surface area contributed by atoms with E-state index in [1.807, 2.05) is 42.5 Å². The summed E-state index contributed by atoms with van der Waals surface area (Å²) >= 11 is 6.13. The summed E-state index contributed by atoms with van der Waals surface area (Å²) in [4.78, 5) is 14.7. The molecule has 148 valence electrons. The van der Waals surface area contributed by atoms with Crippen LogP contribution in [0.1, 0.15) is 17.2 Å². The van der Waals surface area contributed by atoms with E-state index < -0.39 is 0 Å². The van der Waals surface area contributed by atoms with Crippen LogP contribution in [-0.2, 0) is 9.53 Å². The van der Waals surface area contributed by atoms with Gasteiger partial charge in [0.1, 0.15) is 5.75 Å². The fourth-order valence-corrected chi connectivity index (χ4v) is 3.40. The summed E-state index contributed by atoms with van der Waals surface area (Å²) in [6, 6.07) is 15.5. The van der Waals surface area contributed by atoms with E-state index in [-0.39, 0.29) is 11.9 Å². The van der Waals surface area contributed by atoms with Crippen LogP contribution in [0.2, 0.25) is 5.02 Å². The third-order valence-electron chi connectivity index (χ3n) is 4.78. The molecule has 0 spiro atoms. The van der Waals surface area contributed by atoms with E-state index in [0.717, 1.165) is 30.0 Å². The molecule has 1 unspecified atom stereocenters. The summed E-state index contributed by atoms with van der Waals surface area (Å²) in [5.41, 5.74) is 1.96. The molecule has 6 heteroatoms. The van der Waals surface area contributed by atoms with Crippen molar-refractivity contribution in [2.45, 2.75) is 6.04 Å². The van der Waals surface area contributed by atoms with Crippen LogP contribution in [0.4, 0.5) is 0 Å².